The van der Waals surface area contributed by atoms with Gasteiger partial charge >= 0.3 is 6.03 Å². The fourth-order valence-corrected chi connectivity index (χ4v) is 1.18. The van der Waals surface area contributed by atoms with Crippen molar-refractivity contribution < 1.29 is 14.4 Å². The first kappa shape index (κ1) is 14.2. The van der Waals surface area contributed by atoms with Crippen LogP contribution in [0, 0.1) is 0 Å². The van der Waals surface area contributed by atoms with Gasteiger partial charge in [-0.2, -0.15) is 0 Å². The maximum absolute atomic E-state index is 11.3. The van der Waals surface area contributed by atoms with Crippen molar-refractivity contribution in [3.05, 3.63) is 0 Å². The summed E-state index contributed by atoms with van der Waals surface area (Å²) >= 11 is 0. The minimum atomic E-state index is -1.48. The second-order valence-corrected chi connectivity index (χ2v) is 3.55. The van der Waals surface area contributed by atoms with Crippen molar-refractivity contribution in [1.29, 1.82) is 0 Å². The van der Waals surface area contributed by atoms with E-state index in [1.54, 1.807) is 0 Å². The van der Waals surface area contributed by atoms with Gasteiger partial charge in [-0.05, 0) is 13.3 Å². The predicted octanol–water partition coefficient (Wildman–Crippen LogP) is -1.19. The lowest BCUT2D eigenvalue weighted by Crippen LogP contribution is -2.55. The quantitative estimate of drug-likeness (QED) is 0.428. The molecule has 0 radical (unpaired) electrons. The Morgan fingerprint density at radius 1 is 1.12 bits per heavy atom. The number of hydrogen-bond acceptors (Lipinski definition) is 3. The third-order valence-electron chi connectivity index (χ3n) is 1.94. The van der Waals surface area contributed by atoms with E-state index < -0.39 is 23.9 Å². The summed E-state index contributed by atoms with van der Waals surface area (Å²) in [5, 5.41) is 4.66. The molecule has 1 atom stereocenters. The van der Waals surface area contributed by atoms with Gasteiger partial charge in [0.2, 0.25) is 11.8 Å². The highest BCUT2D eigenvalue weighted by Crippen LogP contribution is 1.94. The lowest BCUT2D eigenvalue weighted by Gasteiger charge is -2.16. The van der Waals surface area contributed by atoms with Crippen LogP contribution in [-0.4, -0.2) is 29.9 Å². The Hall–Kier alpha value is -1.79. The van der Waals surface area contributed by atoms with Crippen LogP contribution in [0.4, 0.5) is 4.79 Å². The maximum Gasteiger partial charge on any atom is 0.316 e. The molecule has 92 valence electrons. The molecule has 0 aromatic carbocycles. The summed E-state index contributed by atoms with van der Waals surface area (Å²) in [7, 11) is 0. The standard InChI is InChI=1S/C9H18N4O3/c1-3-4-5(2)12-9(16)13-6(7(10)14)8(11)15/h5-6H,3-4H2,1-2H3,(H2,10,14)(H2,11,15)(H2,12,13,16)/t5-/m1/s1. The Labute approximate surface area is 93.9 Å². The van der Waals surface area contributed by atoms with Crippen LogP contribution in [0.15, 0.2) is 0 Å². The fraction of sp³-hybridized carbons (Fsp3) is 0.667. The van der Waals surface area contributed by atoms with Crippen molar-refractivity contribution in [2.45, 2.75) is 38.8 Å². The number of amides is 4. The van der Waals surface area contributed by atoms with Gasteiger partial charge in [0.15, 0.2) is 6.04 Å². The monoisotopic (exact) mass is 230 g/mol. The molecule has 0 aromatic heterocycles. The van der Waals surface area contributed by atoms with Crippen LogP contribution in [0.3, 0.4) is 0 Å². The van der Waals surface area contributed by atoms with Crippen molar-refractivity contribution in [3.63, 3.8) is 0 Å². The largest absolute Gasteiger partial charge is 0.367 e. The number of carbonyl (C=O) groups excluding carboxylic acids is 3. The van der Waals surface area contributed by atoms with Crippen LogP contribution in [-0.2, 0) is 9.59 Å². The molecule has 0 fully saturated rings. The maximum atomic E-state index is 11.3. The molecule has 0 aliphatic heterocycles. The van der Waals surface area contributed by atoms with E-state index in [0.29, 0.717) is 0 Å². The topological polar surface area (TPSA) is 127 Å². The molecule has 0 unspecified atom stereocenters. The van der Waals surface area contributed by atoms with E-state index in [1.807, 2.05) is 13.8 Å². The Bertz CT molecular complexity index is 266. The van der Waals surface area contributed by atoms with Gasteiger partial charge in [0.05, 0.1) is 0 Å². The zero-order chi connectivity index (χ0) is 12.7. The Kier molecular flexibility index (Phi) is 5.91. The molecule has 0 aromatic rings. The summed E-state index contributed by atoms with van der Waals surface area (Å²) < 4.78 is 0. The molecule has 0 saturated carbocycles. The summed E-state index contributed by atoms with van der Waals surface area (Å²) in [6.07, 6.45) is 1.71. The first-order chi connectivity index (χ1) is 7.38. The fourth-order valence-electron chi connectivity index (χ4n) is 1.18. The molecule has 0 aliphatic carbocycles. The molecular weight excluding hydrogens is 212 g/mol. The van der Waals surface area contributed by atoms with Gasteiger partial charge in [0.25, 0.3) is 0 Å². The third kappa shape index (κ3) is 5.18. The first-order valence-electron chi connectivity index (χ1n) is 5.04. The van der Waals surface area contributed by atoms with Crippen LogP contribution in [0.25, 0.3) is 0 Å². The molecule has 0 saturated heterocycles. The summed E-state index contributed by atoms with van der Waals surface area (Å²) in [5.74, 6) is -1.96. The molecule has 7 nitrogen and oxygen atoms in total. The zero-order valence-corrected chi connectivity index (χ0v) is 9.45. The van der Waals surface area contributed by atoms with Crippen LogP contribution >= 0.6 is 0 Å². The van der Waals surface area contributed by atoms with Gasteiger partial charge in [-0.3, -0.25) is 9.59 Å². The normalized spacial score (nSPS) is 11.9. The molecule has 16 heavy (non-hydrogen) atoms. The molecular formula is C9H18N4O3. The van der Waals surface area contributed by atoms with E-state index in [9.17, 15) is 14.4 Å². The smallest absolute Gasteiger partial charge is 0.316 e. The first-order valence-corrected chi connectivity index (χ1v) is 5.04. The number of rotatable bonds is 6. The Balaban J connectivity index is 4.20. The number of nitrogens with one attached hydrogen (secondary N) is 2. The number of hydrogen-bond donors (Lipinski definition) is 4. The highest BCUT2D eigenvalue weighted by molar-refractivity contribution is 6.05. The van der Waals surface area contributed by atoms with Crippen LogP contribution in [0.1, 0.15) is 26.7 Å². The van der Waals surface area contributed by atoms with Crippen molar-refractivity contribution in [1.82, 2.24) is 10.6 Å². The molecule has 6 N–H and O–H groups in total. The summed E-state index contributed by atoms with van der Waals surface area (Å²) in [6, 6.07) is -2.16. The summed E-state index contributed by atoms with van der Waals surface area (Å²) in [4.78, 5) is 32.8. The SMILES string of the molecule is CCC[C@@H](C)NC(=O)NC(C(N)=O)C(N)=O. The number of urea groups is 1. The van der Waals surface area contributed by atoms with E-state index in [2.05, 4.69) is 10.6 Å². The number of primary amides is 2. The van der Waals surface area contributed by atoms with Gasteiger partial charge in [-0.1, -0.05) is 13.3 Å². The molecule has 7 heteroatoms. The minimum Gasteiger partial charge on any atom is -0.367 e. The summed E-state index contributed by atoms with van der Waals surface area (Å²) in [6.45, 7) is 3.79. The zero-order valence-electron chi connectivity index (χ0n) is 9.45. The lowest BCUT2D eigenvalue weighted by molar-refractivity contribution is -0.128. The number of nitrogens with two attached hydrogens (primary N) is 2. The van der Waals surface area contributed by atoms with E-state index in [4.69, 9.17) is 11.5 Å². The average Bonchev–Trinajstić information content (AvgIpc) is 2.13. The molecule has 0 heterocycles. The minimum absolute atomic E-state index is 0.0496. The Morgan fingerprint density at radius 2 is 1.62 bits per heavy atom. The van der Waals surface area contributed by atoms with Crippen LogP contribution in [0.5, 0.6) is 0 Å². The molecule has 0 bridgehead atoms. The number of carbonyl (C=O) groups is 3. The van der Waals surface area contributed by atoms with E-state index >= 15 is 0 Å². The van der Waals surface area contributed by atoms with Gasteiger partial charge in [0, 0.05) is 6.04 Å². The van der Waals surface area contributed by atoms with Crippen LogP contribution in [0.2, 0.25) is 0 Å². The Morgan fingerprint density at radius 3 is 2.00 bits per heavy atom. The van der Waals surface area contributed by atoms with Gasteiger partial charge in [0.1, 0.15) is 0 Å². The van der Waals surface area contributed by atoms with Gasteiger partial charge in [-0.15, -0.1) is 0 Å². The second kappa shape index (κ2) is 6.65. The predicted molar refractivity (Wildman–Crippen MR) is 58.2 cm³/mol. The van der Waals surface area contributed by atoms with Gasteiger partial charge < -0.3 is 22.1 Å². The van der Waals surface area contributed by atoms with Crippen LogP contribution < -0.4 is 22.1 Å². The van der Waals surface area contributed by atoms with Crippen molar-refractivity contribution in [2.75, 3.05) is 0 Å². The second-order valence-electron chi connectivity index (χ2n) is 3.55. The van der Waals surface area contributed by atoms with E-state index in [0.717, 1.165) is 12.8 Å². The van der Waals surface area contributed by atoms with E-state index in [-0.39, 0.29) is 6.04 Å². The molecule has 4 amide bonds. The van der Waals surface area contributed by atoms with Crippen molar-refractivity contribution in [2.24, 2.45) is 11.5 Å². The molecule has 0 rings (SSSR count). The highest BCUT2D eigenvalue weighted by Gasteiger charge is 2.23. The van der Waals surface area contributed by atoms with Crippen molar-refractivity contribution in [3.8, 4) is 0 Å². The van der Waals surface area contributed by atoms with Crippen molar-refractivity contribution >= 4 is 17.8 Å². The molecule has 0 spiro atoms. The molecule has 0 aliphatic rings. The van der Waals surface area contributed by atoms with E-state index in [1.165, 1.54) is 0 Å². The van der Waals surface area contributed by atoms with Gasteiger partial charge in [-0.25, -0.2) is 4.79 Å². The lowest BCUT2D eigenvalue weighted by atomic mass is 10.2. The highest BCUT2D eigenvalue weighted by atomic mass is 16.2. The summed E-state index contributed by atoms with van der Waals surface area (Å²) in [5.41, 5.74) is 9.79. The third-order valence-corrected chi connectivity index (χ3v) is 1.94. The average molecular weight is 230 g/mol.